The Balaban J connectivity index is 2.03. The fraction of sp³-hybridized carbons (Fsp3) is 0.333. The van der Waals surface area contributed by atoms with E-state index in [1.54, 1.807) is 18.2 Å². The van der Waals surface area contributed by atoms with E-state index < -0.39 is 0 Å². The van der Waals surface area contributed by atoms with E-state index in [0.29, 0.717) is 16.9 Å². The van der Waals surface area contributed by atoms with Gasteiger partial charge in [0.2, 0.25) is 0 Å². The predicted molar refractivity (Wildman–Crippen MR) is 77.9 cm³/mol. The van der Waals surface area contributed by atoms with Gasteiger partial charge in [0.05, 0.1) is 0 Å². The highest BCUT2D eigenvalue weighted by Gasteiger charge is 2.19. The highest BCUT2D eigenvalue weighted by Crippen LogP contribution is 2.32. The Hall–Kier alpha value is -2.17. The number of aromatic nitrogens is 2. The van der Waals surface area contributed by atoms with Gasteiger partial charge in [0, 0.05) is 18.7 Å². The minimum Gasteiger partial charge on any atom is -0.394 e. The SMILES string of the molecule is Nc1c(-c2ccccc2F)ncnc1N1CCCCC1. The Bertz CT molecular complexity index is 609. The van der Waals surface area contributed by atoms with Crippen LogP contribution in [0.4, 0.5) is 15.9 Å². The summed E-state index contributed by atoms with van der Waals surface area (Å²) in [6, 6.07) is 6.54. The van der Waals surface area contributed by atoms with Crippen LogP contribution in [-0.4, -0.2) is 23.1 Å². The molecule has 3 rings (SSSR count). The third kappa shape index (κ3) is 2.31. The Morgan fingerprint density at radius 1 is 1.05 bits per heavy atom. The molecule has 20 heavy (non-hydrogen) atoms. The van der Waals surface area contributed by atoms with Gasteiger partial charge in [0.15, 0.2) is 5.82 Å². The van der Waals surface area contributed by atoms with Crippen LogP contribution in [0.2, 0.25) is 0 Å². The normalized spacial score (nSPS) is 15.3. The monoisotopic (exact) mass is 272 g/mol. The molecule has 2 heterocycles. The van der Waals surface area contributed by atoms with Gasteiger partial charge in [-0.1, -0.05) is 12.1 Å². The topological polar surface area (TPSA) is 55.0 Å². The van der Waals surface area contributed by atoms with E-state index in [1.807, 2.05) is 0 Å². The third-order valence-corrected chi connectivity index (χ3v) is 3.65. The van der Waals surface area contributed by atoms with E-state index >= 15 is 0 Å². The number of rotatable bonds is 2. The van der Waals surface area contributed by atoms with Crippen LogP contribution in [0.1, 0.15) is 19.3 Å². The summed E-state index contributed by atoms with van der Waals surface area (Å²) in [5.41, 5.74) is 7.53. The number of benzene rings is 1. The molecule has 1 aromatic heterocycles. The van der Waals surface area contributed by atoms with Crippen molar-refractivity contribution in [3.63, 3.8) is 0 Å². The van der Waals surface area contributed by atoms with Gasteiger partial charge in [-0.05, 0) is 31.4 Å². The summed E-state index contributed by atoms with van der Waals surface area (Å²) < 4.78 is 13.9. The number of hydrogen-bond acceptors (Lipinski definition) is 4. The molecule has 4 nitrogen and oxygen atoms in total. The molecular formula is C15H17FN4. The molecule has 1 aliphatic heterocycles. The summed E-state index contributed by atoms with van der Waals surface area (Å²) in [6.07, 6.45) is 4.97. The van der Waals surface area contributed by atoms with Gasteiger partial charge in [-0.25, -0.2) is 14.4 Å². The maximum Gasteiger partial charge on any atom is 0.155 e. The third-order valence-electron chi connectivity index (χ3n) is 3.65. The van der Waals surface area contributed by atoms with Gasteiger partial charge in [0.1, 0.15) is 23.5 Å². The first-order chi connectivity index (χ1) is 9.77. The number of nitrogens with zero attached hydrogens (tertiary/aromatic N) is 3. The molecule has 0 aliphatic carbocycles. The van der Waals surface area contributed by atoms with Crippen molar-refractivity contribution in [2.24, 2.45) is 0 Å². The largest absolute Gasteiger partial charge is 0.394 e. The van der Waals surface area contributed by atoms with E-state index in [-0.39, 0.29) is 5.82 Å². The minimum absolute atomic E-state index is 0.317. The summed E-state index contributed by atoms with van der Waals surface area (Å²) in [5.74, 6) is 0.403. The Morgan fingerprint density at radius 2 is 1.80 bits per heavy atom. The molecule has 1 aliphatic rings. The molecule has 1 saturated heterocycles. The molecule has 104 valence electrons. The molecule has 0 radical (unpaired) electrons. The molecule has 0 saturated carbocycles. The van der Waals surface area contributed by atoms with E-state index in [9.17, 15) is 4.39 Å². The number of hydrogen-bond donors (Lipinski definition) is 1. The van der Waals surface area contributed by atoms with Crippen molar-refractivity contribution in [3.8, 4) is 11.3 Å². The molecular weight excluding hydrogens is 255 g/mol. The van der Waals surface area contributed by atoms with E-state index in [4.69, 9.17) is 5.73 Å². The van der Waals surface area contributed by atoms with Crippen LogP contribution < -0.4 is 10.6 Å². The zero-order valence-corrected chi connectivity index (χ0v) is 11.2. The summed E-state index contributed by atoms with van der Waals surface area (Å²) in [4.78, 5) is 10.6. The first-order valence-corrected chi connectivity index (χ1v) is 6.87. The lowest BCUT2D eigenvalue weighted by Gasteiger charge is -2.28. The van der Waals surface area contributed by atoms with Crippen molar-refractivity contribution < 1.29 is 4.39 Å². The highest BCUT2D eigenvalue weighted by molar-refractivity contribution is 5.80. The van der Waals surface area contributed by atoms with E-state index in [1.165, 1.54) is 18.8 Å². The van der Waals surface area contributed by atoms with Gasteiger partial charge in [-0.3, -0.25) is 0 Å². The second-order valence-electron chi connectivity index (χ2n) is 4.99. The summed E-state index contributed by atoms with van der Waals surface area (Å²) in [6.45, 7) is 1.88. The Kier molecular flexibility index (Phi) is 3.50. The number of piperidine rings is 1. The quantitative estimate of drug-likeness (QED) is 0.913. The molecule has 0 amide bonds. The first-order valence-electron chi connectivity index (χ1n) is 6.87. The second kappa shape index (κ2) is 5.45. The van der Waals surface area contributed by atoms with Crippen LogP contribution in [0.5, 0.6) is 0 Å². The van der Waals surface area contributed by atoms with Crippen LogP contribution in [0.15, 0.2) is 30.6 Å². The molecule has 2 aromatic rings. The molecule has 0 spiro atoms. The second-order valence-corrected chi connectivity index (χ2v) is 4.99. The van der Waals surface area contributed by atoms with Crippen LogP contribution >= 0.6 is 0 Å². The van der Waals surface area contributed by atoms with Gasteiger partial charge < -0.3 is 10.6 Å². The average molecular weight is 272 g/mol. The fourth-order valence-electron chi connectivity index (χ4n) is 2.61. The fourth-order valence-corrected chi connectivity index (χ4v) is 2.61. The maximum absolute atomic E-state index is 13.9. The Morgan fingerprint density at radius 3 is 2.55 bits per heavy atom. The molecule has 1 aromatic carbocycles. The summed E-state index contributed by atoms with van der Waals surface area (Å²) in [5, 5.41) is 0. The van der Waals surface area contributed by atoms with Crippen molar-refractivity contribution in [1.82, 2.24) is 9.97 Å². The number of halogens is 1. The number of nitrogen functional groups attached to an aromatic ring is 1. The van der Waals surface area contributed by atoms with Crippen molar-refractivity contribution >= 4 is 11.5 Å². The van der Waals surface area contributed by atoms with Gasteiger partial charge >= 0.3 is 0 Å². The van der Waals surface area contributed by atoms with E-state index in [2.05, 4.69) is 14.9 Å². The average Bonchev–Trinajstić information content (AvgIpc) is 2.49. The van der Waals surface area contributed by atoms with Crippen LogP contribution in [0.25, 0.3) is 11.3 Å². The lowest BCUT2D eigenvalue weighted by molar-refractivity contribution is 0.573. The van der Waals surface area contributed by atoms with Gasteiger partial charge in [0.25, 0.3) is 0 Å². The van der Waals surface area contributed by atoms with Crippen molar-refractivity contribution in [1.29, 1.82) is 0 Å². The van der Waals surface area contributed by atoms with Crippen LogP contribution in [0.3, 0.4) is 0 Å². The van der Waals surface area contributed by atoms with Crippen molar-refractivity contribution in [2.45, 2.75) is 19.3 Å². The first kappa shape index (κ1) is 12.8. The Labute approximate surface area is 117 Å². The molecule has 5 heteroatoms. The van der Waals surface area contributed by atoms with E-state index in [0.717, 1.165) is 31.7 Å². The summed E-state index contributed by atoms with van der Waals surface area (Å²) >= 11 is 0. The minimum atomic E-state index is -0.317. The molecule has 0 unspecified atom stereocenters. The van der Waals surface area contributed by atoms with Gasteiger partial charge in [-0.15, -0.1) is 0 Å². The summed E-state index contributed by atoms with van der Waals surface area (Å²) in [7, 11) is 0. The number of anilines is 2. The molecule has 0 bridgehead atoms. The highest BCUT2D eigenvalue weighted by atomic mass is 19.1. The number of nitrogens with two attached hydrogens (primary N) is 1. The van der Waals surface area contributed by atoms with Crippen LogP contribution in [-0.2, 0) is 0 Å². The van der Waals surface area contributed by atoms with Gasteiger partial charge in [-0.2, -0.15) is 0 Å². The predicted octanol–water partition coefficient (Wildman–Crippen LogP) is 2.86. The lowest BCUT2D eigenvalue weighted by atomic mass is 10.1. The van der Waals surface area contributed by atoms with Crippen molar-refractivity contribution in [3.05, 3.63) is 36.4 Å². The maximum atomic E-state index is 13.9. The van der Waals surface area contributed by atoms with Crippen LogP contribution in [0, 0.1) is 5.82 Å². The zero-order valence-electron chi connectivity index (χ0n) is 11.2. The zero-order chi connectivity index (χ0) is 13.9. The molecule has 0 atom stereocenters. The smallest absolute Gasteiger partial charge is 0.155 e. The molecule has 1 fully saturated rings. The standard InChI is InChI=1S/C15H17FN4/c16-12-7-3-2-6-11(12)14-13(17)15(19-10-18-14)20-8-4-1-5-9-20/h2-3,6-7,10H,1,4-5,8-9,17H2. The molecule has 2 N–H and O–H groups in total. The lowest BCUT2D eigenvalue weighted by Crippen LogP contribution is -2.31. The van der Waals surface area contributed by atoms with Crippen molar-refractivity contribution in [2.75, 3.05) is 23.7 Å².